The fourth-order valence-corrected chi connectivity index (χ4v) is 3.78. The van der Waals surface area contributed by atoms with Crippen molar-refractivity contribution in [3.8, 4) is 5.75 Å². The lowest BCUT2D eigenvalue weighted by atomic mass is 10.2. The molecule has 1 amide bonds. The maximum absolute atomic E-state index is 12.5. The van der Waals surface area contributed by atoms with Crippen LogP contribution < -0.4 is 10.1 Å². The molecule has 0 spiro atoms. The first-order valence-electron chi connectivity index (χ1n) is 9.00. The zero-order chi connectivity index (χ0) is 20.1. The second kappa shape index (κ2) is 9.07. The van der Waals surface area contributed by atoms with E-state index in [1.807, 2.05) is 72.2 Å². The van der Waals surface area contributed by atoms with Crippen LogP contribution in [0.1, 0.15) is 20.8 Å². The summed E-state index contributed by atoms with van der Waals surface area (Å²) in [6.45, 7) is 1.07. The molecule has 4 rings (SSSR count). The molecule has 0 saturated carbocycles. The third-order valence-corrected chi connectivity index (χ3v) is 5.67. The van der Waals surface area contributed by atoms with Crippen LogP contribution in [0.15, 0.2) is 82.8 Å². The molecule has 0 aliphatic rings. The number of benzene rings is 2. The normalized spacial score (nSPS) is 10.7. The maximum atomic E-state index is 12.5. The Bertz CT molecular complexity index is 1090. The van der Waals surface area contributed by atoms with Crippen LogP contribution in [-0.2, 0) is 13.2 Å². The van der Waals surface area contributed by atoms with E-state index in [4.69, 9.17) is 4.74 Å². The van der Waals surface area contributed by atoms with Gasteiger partial charge in [-0.25, -0.2) is 0 Å². The van der Waals surface area contributed by atoms with Crippen LogP contribution in [0.4, 0.5) is 5.82 Å². The molecule has 0 fully saturated rings. The number of aromatic nitrogens is 2. The summed E-state index contributed by atoms with van der Waals surface area (Å²) in [5.74, 6) is 1.17. The van der Waals surface area contributed by atoms with Crippen molar-refractivity contribution in [2.45, 2.75) is 13.2 Å². The second-order valence-electron chi connectivity index (χ2n) is 6.40. The number of anilines is 1. The van der Waals surface area contributed by atoms with Crippen molar-refractivity contribution in [3.63, 3.8) is 0 Å². The minimum atomic E-state index is -0.171. The minimum absolute atomic E-state index is 0.171. The average Bonchev–Trinajstić information content (AvgIpc) is 3.39. The van der Waals surface area contributed by atoms with Crippen LogP contribution in [0.2, 0.25) is 0 Å². The van der Waals surface area contributed by atoms with E-state index < -0.39 is 0 Å². The van der Waals surface area contributed by atoms with Crippen molar-refractivity contribution in [3.05, 3.63) is 98.8 Å². The van der Waals surface area contributed by atoms with E-state index in [9.17, 15) is 4.79 Å². The molecule has 0 bridgehead atoms. The molecule has 29 heavy (non-hydrogen) atoms. The summed E-state index contributed by atoms with van der Waals surface area (Å²) in [7, 11) is 0. The van der Waals surface area contributed by atoms with Crippen LogP contribution in [0, 0.1) is 0 Å². The number of hydrogen-bond donors (Lipinski definition) is 1. The molecule has 0 unspecified atom stereocenters. The van der Waals surface area contributed by atoms with E-state index >= 15 is 0 Å². The Balaban J connectivity index is 1.33. The smallest absolute Gasteiger partial charge is 0.266 e. The summed E-state index contributed by atoms with van der Waals surface area (Å²) >= 11 is 4.82. The molecule has 1 N–H and O–H groups in total. The second-order valence-corrected chi connectivity index (χ2v) is 8.23. The predicted octanol–water partition coefficient (Wildman–Crippen LogP) is 5.59. The van der Waals surface area contributed by atoms with Crippen LogP contribution >= 0.6 is 27.3 Å². The Labute approximate surface area is 181 Å². The average molecular weight is 468 g/mol. The first kappa shape index (κ1) is 19.4. The number of thiophene rings is 1. The van der Waals surface area contributed by atoms with Gasteiger partial charge < -0.3 is 10.1 Å². The van der Waals surface area contributed by atoms with Gasteiger partial charge in [0.25, 0.3) is 5.91 Å². The van der Waals surface area contributed by atoms with Gasteiger partial charge in [0.05, 0.1) is 11.4 Å². The summed E-state index contributed by atoms with van der Waals surface area (Å²) in [5, 5.41) is 9.22. The van der Waals surface area contributed by atoms with Crippen LogP contribution in [0.5, 0.6) is 5.75 Å². The maximum Gasteiger partial charge on any atom is 0.266 e. The number of para-hydroxylation sites is 1. The van der Waals surface area contributed by atoms with Gasteiger partial charge in [-0.15, -0.1) is 11.3 Å². The lowest BCUT2D eigenvalue weighted by molar-refractivity contribution is 0.103. The minimum Gasteiger partial charge on any atom is -0.489 e. The van der Waals surface area contributed by atoms with E-state index in [0.717, 1.165) is 21.3 Å². The number of amides is 1. The highest BCUT2D eigenvalue weighted by atomic mass is 79.9. The molecule has 5 nitrogen and oxygen atoms in total. The zero-order valence-electron chi connectivity index (χ0n) is 15.4. The van der Waals surface area contributed by atoms with Gasteiger partial charge in [-0.2, -0.15) is 5.10 Å². The fourth-order valence-electron chi connectivity index (χ4n) is 2.72. The van der Waals surface area contributed by atoms with Gasteiger partial charge in [0.1, 0.15) is 12.4 Å². The van der Waals surface area contributed by atoms with E-state index in [1.54, 1.807) is 10.7 Å². The number of nitrogens with zero attached hydrogens (tertiary/aromatic N) is 2. The molecule has 2 aromatic carbocycles. The molecule has 0 aliphatic heterocycles. The molecule has 0 aliphatic carbocycles. The molecule has 7 heteroatoms. The number of rotatable bonds is 7. The number of halogens is 1. The van der Waals surface area contributed by atoms with Gasteiger partial charge in [-0.1, -0.05) is 46.3 Å². The number of ether oxygens (including phenoxy) is 1. The molecule has 2 aromatic heterocycles. The summed E-state index contributed by atoms with van der Waals surface area (Å²) in [6.07, 6.45) is 1.85. The van der Waals surface area contributed by atoms with Crippen LogP contribution in [0.3, 0.4) is 0 Å². The third-order valence-electron chi connectivity index (χ3n) is 4.17. The molecule has 146 valence electrons. The standard InChI is InChI=1S/C22H18BrN3O2S/c23-18-8-6-16(7-9-18)13-26-11-10-21(25-26)24-22(27)20-12-17(15-29-20)14-28-19-4-2-1-3-5-19/h1-12,15H,13-14H2,(H,24,25,27). The van der Waals surface area contributed by atoms with Gasteiger partial charge in [0.15, 0.2) is 5.82 Å². The predicted molar refractivity (Wildman–Crippen MR) is 119 cm³/mol. The van der Waals surface area contributed by atoms with E-state index in [0.29, 0.717) is 23.8 Å². The number of nitrogens with one attached hydrogen (secondary N) is 1. The SMILES string of the molecule is O=C(Nc1ccn(Cc2ccc(Br)cc2)n1)c1cc(COc2ccccc2)cs1. The molecule has 0 atom stereocenters. The van der Waals surface area contributed by atoms with E-state index in [-0.39, 0.29) is 5.91 Å². The van der Waals surface area contributed by atoms with Gasteiger partial charge >= 0.3 is 0 Å². The van der Waals surface area contributed by atoms with Crippen molar-refractivity contribution in [1.82, 2.24) is 9.78 Å². The van der Waals surface area contributed by atoms with Gasteiger partial charge in [-0.3, -0.25) is 9.48 Å². The van der Waals surface area contributed by atoms with Gasteiger partial charge in [-0.05, 0) is 41.3 Å². The van der Waals surface area contributed by atoms with Crippen LogP contribution in [-0.4, -0.2) is 15.7 Å². The molecule has 0 saturated heterocycles. The Hall–Kier alpha value is -2.90. The first-order chi connectivity index (χ1) is 14.2. The largest absolute Gasteiger partial charge is 0.489 e. The number of carbonyl (C=O) groups excluding carboxylic acids is 1. The third kappa shape index (κ3) is 5.34. The number of hydrogen-bond acceptors (Lipinski definition) is 4. The topological polar surface area (TPSA) is 56.2 Å². The number of carbonyl (C=O) groups is 1. The molecular weight excluding hydrogens is 450 g/mol. The monoisotopic (exact) mass is 467 g/mol. The Morgan fingerprint density at radius 3 is 2.66 bits per heavy atom. The summed E-state index contributed by atoms with van der Waals surface area (Å²) < 4.78 is 8.57. The summed E-state index contributed by atoms with van der Waals surface area (Å²) in [6, 6.07) is 21.3. The van der Waals surface area contributed by atoms with Gasteiger partial charge in [0.2, 0.25) is 0 Å². The summed E-state index contributed by atoms with van der Waals surface area (Å²) in [5.41, 5.74) is 2.10. The lowest BCUT2D eigenvalue weighted by Gasteiger charge is -2.03. The van der Waals surface area contributed by atoms with Crippen molar-refractivity contribution in [1.29, 1.82) is 0 Å². The fraction of sp³-hybridized carbons (Fsp3) is 0.0909. The Morgan fingerprint density at radius 2 is 1.86 bits per heavy atom. The zero-order valence-corrected chi connectivity index (χ0v) is 17.8. The van der Waals surface area contributed by atoms with Crippen molar-refractivity contribution in [2.75, 3.05) is 5.32 Å². The highest BCUT2D eigenvalue weighted by Crippen LogP contribution is 2.19. The van der Waals surface area contributed by atoms with Crippen molar-refractivity contribution in [2.24, 2.45) is 0 Å². The Morgan fingerprint density at radius 1 is 1.07 bits per heavy atom. The van der Waals surface area contributed by atoms with E-state index in [2.05, 4.69) is 26.3 Å². The van der Waals surface area contributed by atoms with E-state index in [1.165, 1.54) is 11.3 Å². The quantitative estimate of drug-likeness (QED) is 0.385. The molecule has 0 radical (unpaired) electrons. The highest BCUT2D eigenvalue weighted by molar-refractivity contribution is 9.10. The van der Waals surface area contributed by atoms with Crippen molar-refractivity contribution >= 4 is 39.0 Å². The summed E-state index contributed by atoms with van der Waals surface area (Å²) in [4.78, 5) is 13.1. The van der Waals surface area contributed by atoms with Crippen LogP contribution in [0.25, 0.3) is 0 Å². The van der Waals surface area contributed by atoms with Gasteiger partial charge in [0, 0.05) is 22.3 Å². The molecular formula is C22H18BrN3O2S. The first-order valence-corrected chi connectivity index (χ1v) is 10.7. The lowest BCUT2D eigenvalue weighted by Crippen LogP contribution is -2.11. The highest BCUT2D eigenvalue weighted by Gasteiger charge is 2.11. The molecule has 2 heterocycles. The molecule has 4 aromatic rings. The van der Waals surface area contributed by atoms with Crippen molar-refractivity contribution < 1.29 is 9.53 Å². The Kier molecular flexibility index (Phi) is 6.07.